The summed E-state index contributed by atoms with van der Waals surface area (Å²) in [6, 6.07) is 16.5. The smallest absolute Gasteiger partial charge is 0.250 e. The highest BCUT2D eigenvalue weighted by Crippen LogP contribution is 2.16. The van der Waals surface area contributed by atoms with Crippen molar-refractivity contribution in [3.63, 3.8) is 0 Å². The zero-order chi connectivity index (χ0) is 21.5. The summed E-state index contributed by atoms with van der Waals surface area (Å²) in [6.45, 7) is 6.12. The van der Waals surface area contributed by atoms with Crippen molar-refractivity contribution in [3.8, 4) is 5.75 Å². The number of aliphatic hydroxyl groups excluding tert-OH is 1. The van der Waals surface area contributed by atoms with Gasteiger partial charge in [0.2, 0.25) is 5.91 Å². The average molecular weight is 400 g/mol. The first-order valence-corrected chi connectivity index (χ1v) is 9.87. The van der Waals surface area contributed by atoms with E-state index in [1.54, 1.807) is 7.11 Å². The number of rotatable bonds is 9. The van der Waals surface area contributed by atoms with E-state index in [1.807, 2.05) is 87.5 Å². The van der Waals surface area contributed by atoms with Crippen molar-refractivity contribution in [1.82, 2.24) is 5.32 Å². The van der Waals surface area contributed by atoms with Gasteiger partial charge in [-0.05, 0) is 44.0 Å². The van der Waals surface area contributed by atoms with E-state index in [2.05, 4.69) is 5.32 Å². The molecule has 0 bridgehead atoms. The molecule has 2 aromatic rings. The summed E-state index contributed by atoms with van der Waals surface area (Å²) in [5.41, 5.74) is 1.84. The number of aliphatic hydroxyl groups is 1. The molecule has 0 fully saturated rings. The third kappa shape index (κ3) is 8.94. The lowest BCUT2D eigenvalue weighted by Crippen LogP contribution is -2.41. The maximum atomic E-state index is 12.6. The summed E-state index contributed by atoms with van der Waals surface area (Å²) >= 11 is 0. The molecule has 2 atom stereocenters. The molecule has 0 aliphatic rings. The highest BCUT2D eigenvalue weighted by molar-refractivity contribution is 5.81. The van der Waals surface area contributed by atoms with Crippen molar-refractivity contribution in [3.05, 3.63) is 77.9 Å². The zero-order valence-electron chi connectivity index (χ0n) is 17.8. The molecular formula is C24H33NO4. The van der Waals surface area contributed by atoms with E-state index in [0.717, 1.165) is 16.9 Å². The summed E-state index contributed by atoms with van der Waals surface area (Å²) in [7, 11) is 1.62. The van der Waals surface area contributed by atoms with Crippen LogP contribution in [0.25, 0.3) is 0 Å². The monoisotopic (exact) mass is 399 g/mol. The van der Waals surface area contributed by atoms with Crippen molar-refractivity contribution < 1.29 is 19.4 Å². The van der Waals surface area contributed by atoms with Crippen molar-refractivity contribution in [1.29, 1.82) is 0 Å². The van der Waals surface area contributed by atoms with Gasteiger partial charge in [-0.15, -0.1) is 0 Å². The molecule has 1 amide bonds. The third-order valence-corrected chi connectivity index (χ3v) is 4.27. The van der Waals surface area contributed by atoms with Gasteiger partial charge >= 0.3 is 0 Å². The summed E-state index contributed by atoms with van der Waals surface area (Å²) in [4.78, 5) is 12.6. The van der Waals surface area contributed by atoms with Crippen LogP contribution in [-0.4, -0.2) is 37.4 Å². The fourth-order valence-corrected chi connectivity index (χ4v) is 2.59. The highest BCUT2D eigenvalue weighted by Gasteiger charge is 2.22. The minimum atomic E-state index is -0.615. The molecule has 158 valence electrons. The standard InChI is InChI=1S/C20H25NO4.C4H8/c1-3-25-19(13-15-9-11-17(24-2)12-10-15)20(23)21-18(14-22)16-7-5-4-6-8-16;1-3-4-2/h4-12,18-19,22H,3,13-14H2,1-2H3,(H,21,23);3-4H,1-2H3/b;4-3-/t18?,19-;/m0./s1. The summed E-state index contributed by atoms with van der Waals surface area (Å²) < 4.78 is 10.8. The molecule has 2 N–H and O–H groups in total. The van der Waals surface area contributed by atoms with Crippen molar-refractivity contribution in [2.45, 2.75) is 39.3 Å². The number of allylic oxidation sites excluding steroid dienone is 2. The van der Waals surface area contributed by atoms with Crippen LogP contribution in [0.15, 0.2) is 66.7 Å². The third-order valence-electron chi connectivity index (χ3n) is 4.27. The van der Waals surface area contributed by atoms with E-state index in [-0.39, 0.29) is 12.5 Å². The lowest BCUT2D eigenvalue weighted by molar-refractivity contribution is -0.133. The van der Waals surface area contributed by atoms with Gasteiger partial charge in [0.1, 0.15) is 11.9 Å². The van der Waals surface area contributed by atoms with E-state index in [9.17, 15) is 9.90 Å². The van der Waals surface area contributed by atoms with Crippen molar-refractivity contribution in [2.75, 3.05) is 20.3 Å². The maximum absolute atomic E-state index is 12.6. The lowest BCUT2D eigenvalue weighted by atomic mass is 10.0. The molecule has 0 heterocycles. The molecule has 2 rings (SSSR count). The molecule has 2 aromatic carbocycles. The quantitative estimate of drug-likeness (QED) is 0.624. The molecular weight excluding hydrogens is 366 g/mol. The summed E-state index contributed by atoms with van der Waals surface area (Å²) in [5.74, 6) is 0.533. The average Bonchev–Trinajstić information content (AvgIpc) is 2.78. The highest BCUT2D eigenvalue weighted by atomic mass is 16.5. The Kier molecular flexibility index (Phi) is 12.1. The predicted molar refractivity (Wildman–Crippen MR) is 117 cm³/mol. The number of carbonyl (C=O) groups excluding carboxylic acids is 1. The number of amides is 1. The molecule has 1 unspecified atom stereocenters. The van der Waals surface area contributed by atoms with Gasteiger partial charge in [-0.3, -0.25) is 4.79 Å². The number of ether oxygens (including phenoxy) is 2. The molecule has 0 radical (unpaired) electrons. The second kappa shape index (κ2) is 14.4. The van der Waals surface area contributed by atoms with Crippen LogP contribution in [0.5, 0.6) is 5.75 Å². The van der Waals surface area contributed by atoms with Crippen LogP contribution >= 0.6 is 0 Å². The number of methoxy groups -OCH3 is 1. The number of nitrogens with one attached hydrogen (secondary N) is 1. The second-order valence-corrected chi connectivity index (χ2v) is 6.32. The number of benzene rings is 2. The Balaban J connectivity index is 0.000000960. The lowest BCUT2D eigenvalue weighted by Gasteiger charge is -2.22. The minimum Gasteiger partial charge on any atom is -0.497 e. The topological polar surface area (TPSA) is 67.8 Å². The largest absolute Gasteiger partial charge is 0.497 e. The van der Waals surface area contributed by atoms with E-state index < -0.39 is 12.1 Å². The second-order valence-electron chi connectivity index (χ2n) is 6.32. The van der Waals surface area contributed by atoms with Gasteiger partial charge in [-0.2, -0.15) is 0 Å². The molecule has 5 heteroatoms. The van der Waals surface area contributed by atoms with E-state index in [4.69, 9.17) is 9.47 Å². The Labute approximate surface area is 174 Å². The minimum absolute atomic E-state index is 0.170. The van der Waals surface area contributed by atoms with Gasteiger partial charge in [0, 0.05) is 13.0 Å². The molecule has 0 saturated carbocycles. The van der Waals surface area contributed by atoms with Crippen LogP contribution in [0.1, 0.15) is 37.9 Å². The van der Waals surface area contributed by atoms with Gasteiger partial charge in [0.25, 0.3) is 0 Å². The van der Waals surface area contributed by atoms with Gasteiger partial charge in [-0.25, -0.2) is 0 Å². The normalized spacial score (nSPS) is 12.6. The van der Waals surface area contributed by atoms with Crippen LogP contribution in [0.4, 0.5) is 0 Å². The molecule has 0 aliphatic carbocycles. The number of carbonyl (C=O) groups is 1. The van der Waals surface area contributed by atoms with Crippen LogP contribution in [0.3, 0.4) is 0 Å². The SMILES string of the molecule is C/C=C\C.CCO[C@@H](Cc1ccc(OC)cc1)C(=O)NC(CO)c1ccccc1. The predicted octanol–water partition coefficient (Wildman–Crippen LogP) is 4.08. The number of hydrogen-bond acceptors (Lipinski definition) is 4. The molecule has 0 aromatic heterocycles. The van der Waals surface area contributed by atoms with Gasteiger partial charge in [0.15, 0.2) is 0 Å². The van der Waals surface area contributed by atoms with Crippen LogP contribution in [-0.2, 0) is 16.0 Å². The molecule has 29 heavy (non-hydrogen) atoms. The van der Waals surface area contributed by atoms with Gasteiger partial charge < -0.3 is 19.9 Å². The van der Waals surface area contributed by atoms with Crippen LogP contribution in [0.2, 0.25) is 0 Å². The molecule has 0 spiro atoms. The molecule has 0 aliphatic heterocycles. The molecule has 0 saturated heterocycles. The van der Waals surface area contributed by atoms with Crippen molar-refractivity contribution in [2.24, 2.45) is 0 Å². The first-order valence-electron chi connectivity index (χ1n) is 9.87. The Bertz CT molecular complexity index is 709. The summed E-state index contributed by atoms with van der Waals surface area (Å²) in [5, 5.41) is 12.5. The number of hydrogen-bond donors (Lipinski definition) is 2. The first kappa shape index (κ1) is 24.4. The fourth-order valence-electron chi connectivity index (χ4n) is 2.59. The van der Waals surface area contributed by atoms with Gasteiger partial charge in [0.05, 0.1) is 19.8 Å². The zero-order valence-corrected chi connectivity index (χ0v) is 17.8. The van der Waals surface area contributed by atoms with E-state index in [0.29, 0.717) is 13.0 Å². The Hall–Kier alpha value is -2.63. The Morgan fingerprint density at radius 3 is 2.17 bits per heavy atom. The Morgan fingerprint density at radius 2 is 1.69 bits per heavy atom. The van der Waals surface area contributed by atoms with E-state index >= 15 is 0 Å². The maximum Gasteiger partial charge on any atom is 0.250 e. The van der Waals surface area contributed by atoms with Gasteiger partial charge in [-0.1, -0.05) is 54.6 Å². The van der Waals surface area contributed by atoms with E-state index in [1.165, 1.54) is 0 Å². The molecule has 5 nitrogen and oxygen atoms in total. The summed E-state index contributed by atoms with van der Waals surface area (Å²) in [6.07, 6.45) is 3.84. The Morgan fingerprint density at radius 1 is 1.07 bits per heavy atom. The van der Waals surface area contributed by atoms with Crippen molar-refractivity contribution >= 4 is 5.91 Å². The van der Waals surface area contributed by atoms with Crippen LogP contribution in [0, 0.1) is 0 Å². The first-order chi connectivity index (χ1) is 14.1. The van der Waals surface area contributed by atoms with Crippen LogP contribution < -0.4 is 10.1 Å². The fraction of sp³-hybridized carbons (Fsp3) is 0.375.